The van der Waals surface area contributed by atoms with Crippen molar-refractivity contribution in [2.24, 2.45) is 0 Å². The molecule has 0 saturated carbocycles. The Balaban J connectivity index is 3.57. The fourth-order valence-electron chi connectivity index (χ4n) is 6.10. The molecule has 5 heteroatoms. The molecule has 0 spiro atoms. The van der Waals surface area contributed by atoms with Crippen molar-refractivity contribution in [3.05, 3.63) is 72.9 Å². The van der Waals surface area contributed by atoms with Crippen LogP contribution in [-0.2, 0) is 19.1 Å². The summed E-state index contributed by atoms with van der Waals surface area (Å²) in [4.78, 5) is 24.3. The summed E-state index contributed by atoms with van der Waals surface area (Å²) in [6, 6.07) is 0. The molecule has 5 nitrogen and oxygen atoms in total. The van der Waals surface area contributed by atoms with Crippen molar-refractivity contribution in [1.29, 1.82) is 0 Å². The second kappa shape index (κ2) is 44.7. The highest BCUT2D eigenvalue weighted by Gasteiger charge is 2.16. The standard InChI is InChI=1S/C49H84O5/c1-3-5-7-9-11-13-15-17-19-20-21-22-23-24-25-26-27-28-30-32-34-36-38-40-42-44-49(52)54-47(45-50)46-53-48(51)43-41-39-37-35-33-31-29-18-16-14-12-10-8-6-4-2/h5,7,11,13,17-19,21-22,24-25,29,47,50H,3-4,6,8-10,12,14-16,20,23,26-28,30-46H2,1-2H3/b7-5-,13-11-,19-17-,22-21-,25-24-,29-18-. The van der Waals surface area contributed by atoms with Crippen LogP contribution in [0.5, 0.6) is 0 Å². The molecule has 0 rings (SSSR count). The first-order chi connectivity index (χ1) is 26.6. The van der Waals surface area contributed by atoms with Gasteiger partial charge in [0.15, 0.2) is 6.10 Å². The van der Waals surface area contributed by atoms with E-state index in [9.17, 15) is 14.7 Å². The van der Waals surface area contributed by atoms with E-state index in [1.807, 2.05) is 0 Å². The molecular formula is C49H84O5. The predicted octanol–water partition coefficient (Wildman–Crippen LogP) is 14.5. The Morgan fingerprint density at radius 1 is 0.444 bits per heavy atom. The number of ether oxygens (including phenoxy) is 2. The van der Waals surface area contributed by atoms with Crippen LogP contribution in [0.4, 0.5) is 0 Å². The third kappa shape index (κ3) is 42.1. The van der Waals surface area contributed by atoms with E-state index in [1.165, 1.54) is 103 Å². The van der Waals surface area contributed by atoms with Gasteiger partial charge in [-0.15, -0.1) is 0 Å². The zero-order valence-corrected chi connectivity index (χ0v) is 35.2. The molecule has 0 heterocycles. The van der Waals surface area contributed by atoms with Crippen molar-refractivity contribution in [1.82, 2.24) is 0 Å². The summed E-state index contributed by atoms with van der Waals surface area (Å²) < 4.78 is 10.6. The van der Waals surface area contributed by atoms with Gasteiger partial charge >= 0.3 is 11.9 Å². The van der Waals surface area contributed by atoms with Crippen molar-refractivity contribution in [3.8, 4) is 0 Å². The lowest BCUT2D eigenvalue weighted by Gasteiger charge is -2.15. The summed E-state index contributed by atoms with van der Waals surface area (Å²) in [7, 11) is 0. The maximum absolute atomic E-state index is 12.2. The molecule has 54 heavy (non-hydrogen) atoms. The minimum atomic E-state index is -0.781. The number of esters is 2. The van der Waals surface area contributed by atoms with Gasteiger partial charge in [-0.05, 0) is 83.5 Å². The molecule has 0 aliphatic heterocycles. The van der Waals surface area contributed by atoms with Gasteiger partial charge in [0, 0.05) is 12.8 Å². The zero-order chi connectivity index (χ0) is 39.3. The number of rotatable bonds is 40. The Hall–Kier alpha value is -2.66. The summed E-state index contributed by atoms with van der Waals surface area (Å²) in [5, 5.41) is 9.59. The summed E-state index contributed by atoms with van der Waals surface area (Å²) in [6.45, 7) is 4.01. The Labute approximate surface area is 333 Å². The topological polar surface area (TPSA) is 72.8 Å². The second-order valence-corrected chi connectivity index (χ2v) is 14.7. The van der Waals surface area contributed by atoms with Gasteiger partial charge < -0.3 is 14.6 Å². The molecule has 1 N–H and O–H groups in total. The highest BCUT2D eigenvalue weighted by molar-refractivity contribution is 5.70. The average Bonchev–Trinajstić information content (AvgIpc) is 3.17. The minimum absolute atomic E-state index is 0.0749. The predicted molar refractivity (Wildman–Crippen MR) is 233 cm³/mol. The Morgan fingerprint density at radius 2 is 0.796 bits per heavy atom. The number of unbranched alkanes of at least 4 members (excludes halogenated alkanes) is 20. The summed E-state index contributed by atoms with van der Waals surface area (Å²) >= 11 is 0. The molecule has 0 saturated heterocycles. The van der Waals surface area contributed by atoms with Gasteiger partial charge in [-0.1, -0.05) is 183 Å². The molecular weight excluding hydrogens is 669 g/mol. The first kappa shape index (κ1) is 51.3. The van der Waals surface area contributed by atoms with Gasteiger partial charge in [-0.3, -0.25) is 9.59 Å². The Morgan fingerprint density at radius 3 is 1.22 bits per heavy atom. The Bertz CT molecular complexity index is 988. The van der Waals surface area contributed by atoms with Crippen molar-refractivity contribution in [3.63, 3.8) is 0 Å². The summed E-state index contributed by atoms with van der Waals surface area (Å²) in [5.74, 6) is -0.609. The molecule has 0 bridgehead atoms. The van der Waals surface area contributed by atoms with Gasteiger partial charge in [0.1, 0.15) is 6.61 Å². The lowest BCUT2D eigenvalue weighted by atomic mass is 10.1. The fraction of sp³-hybridized carbons (Fsp3) is 0.714. The van der Waals surface area contributed by atoms with Gasteiger partial charge in [0.05, 0.1) is 6.61 Å². The molecule has 0 aliphatic rings. The third-order valence-corrected chi connectivity index (χ3v) is 9.48. The van der Waals surface area contributed by atoms with E-state index in [0.29, 0.717) is 12.8 Å². The molecule has 310 valence electrons. The van der Waals surface area contributed by atoms with Crippen molar-refractivity contribution >= 4 is 11.9 Å². The zero-order valence-electron chi connectivity index (χ0n) is 35.2. The highest BCUT2D eigenvalue weighted by Crippen LogP contribution is 2.13. The van der Waals surface area contributed by atoms with Gasteiger partial charge in [0.2, 0.25) is 0 Å². The summed E-state index contributed by atoms with van der Waals surface area (Å²) in [6.07, 6.45) is 59.7. The van der Waals surface area contributed by atoms with Crippen LogP contribution in [-0.4, -0.2) is 36.4 Å². The van der Waals surface area contributed by atoms with E-state index < -0.39 is 6.10 Å². The van der Waals surface area contributed by atoms with E-state index in [-0.39, 0.29) is 25.2 Å². The number of carbonyl (C=O) groups is 2. The van der Waals surface area contributed by atoms with Gasteiger partial charge in [0.25, 0.3) is 0 Å². The van der Waals surface area contributed by atoms with Crippen LogP contribution >= 0.6 is 0 Å². The number of hydrogen-bond acceptors (Lipinski definition) is 5. The maximum Gasteiger partial charge on any atom is 0.306 e. The molecule has 1 atom stereocenters. The quantitative estimate of drug-likeness (QED) is 0.0383. The average molecular weight is 753 g/mol. The number of aliphatic hydroxyl groups excluding tert-OH is 1. The number of allylic oxidation sites excluding steroid dienone is 12. The lowest BCUT2D eigenvalue weighted by Crippen LogP contribution is -2.28. The molecule has 0 amide bonds. The van der Waals surface area contributed by atoms with Crippen LogP contribution in [0.2, 0.25) is 0 Å². The van der Waals surface area contributed by atoms with Gasteiger partial charge in [-0.25, -0.2) is 0 Å². The minimum Gasteiger partial charge on any atom is -0.462 e. The highest BCUT2D eigenvalue weighted by atomic mass is 16.6. The van der Waals surface area contributed by atoms with E-state index in [2.05, 4.69) is 86.8 Å². The molecule has 0 aromatic heterocycles. The second-order valence-electron chi connectivity index (χ2n) is 14.7. The van der Waals surface area contributed by atoms with Crippen LogP contribution < -0.4 is 0 Å². The molecule has 0 fully saturated rings. The van der Waals surface area contributed by atoms with Crippen LogP contribution in [0.25, 0.3) is 0 Å². The normalized spacial score (nSPS) is 12.9. The van der Waals surface area contributed by atoms with Crippen molar-refractivity contribution < 1.29 is 24.2 Å². The largest absolute Gasteiger partial charge is 0.462 e. The first-order valence-electron chi connectivity index (χ1n) is 22.5. The fourth-order valence-corrected chi connectivity index (χ4v) is 6.10. The number of hydrogen-bond donors (Lipinski definition) is 1. The van der Waals surface area contributed by atoms with Crippen LogP contribution in [0, 0.1) is 0 Å². The SMILES string of the molecule is CC/C=C\C/C=C\C/C=C\C/C=C\C/C=C\CCCCCCCCCCCC(=O)OC(CO)COC(=O)CCCCCCC/C=C\CCCCCCCC. The number of aliphatic hydroxyl groups is 1. The first-order valence-corrected chi connectivity index (χ1v) is 22.5. The molecule has 1 unspecified atom stereocenters. The number of carbonyl (C=O) groups excluding carboxylic acids is 2. The van der Waals surface area contributed by atoms with E-state index in [1.54, 1.807) is 0 Å². The lowest BCUT2D eigenvalue weighted by molar-refractivity contribution is -0.161. The summed E-state index contributed by atoms with van der Waals surface area (Å²) in [5.41, 5.74) is 0. The van der Waals surface area contributed by atoms with Gasteiger partial charge in [-0.2, -0.15) is 0 Å². The van der Waals surface area contributed by atoms with Crippen LogP contribution in [0.3, 0.4) is 0 Å². The maximum atomic E-state index is 12.2. The molecule has 0 aromatic rings. The van der Waals surface area contributed by atoms with E-state index >= 15 is 0 Å². The Kier molecular flexibility index (Phi) is 42.5. The smallest absolute Gasteiger partial charge is 0.306 e. The monoisotopic (exact) mass is 753 g/mol. The molecule has 0 aromatic carbocycles. The molecule has 0 aliphatic carbocycles. The van der Waals surface area contributed by atoms with E-state index in [4.69, 9.17) is 9.47 Å². The third-order valence-electron chi connectivity index (χ3n) is 9.48. The van der Waals surface area contributed by atoms with Crippen LogP contribution in [0.15, 0.2) is 72.9 Å². The van der Waals surface area contributed by atoms with Crippen molar-refractivity contribution in [2.45, 2.75) is 213 Å². The van der Waals surface area contributed by atoms with Crippen molar-refractivity contribution in [2.75, 3.05) is 13.2 Å². The van der Waals surface area contributed by atoms with Crippen LogP contribution in [0.1, 0.15) is 206 Å². The van der Waals surface area contributed by atoms with E-state index in [0.717, 1.165) is 77.0 Å². The molecule has 0 radical (unpaired) electrons.